The van der Waals surface area contributed by atoms with Crippen LogP contribution in [0.1, 0.15) is 44.6 Å². The molecule has 1 aliphatic rings. The Morgan fingerprint density at radius 2 is 2.00 bits per heavy atom. The molecule has 0 aliphatic carbocycles. The molecule has 0 saturated carbocycles. The summed E-state index contributed by atoms with van der Waals surface area (Å²) in [4.78, 5) is 14.3. The number of hydrogen-bond acceptors (Lipinski definition) is 2. The molecule has 0 aromatic heterocycles. The minimum absolute atomic E-state index is 0.174. The van der Waals surface area contributed by atoms with Crippen molar-refractivity contribution in [2.75, 3.05) is 19.6 Å². The summed E-state index contributed by atoms with van der Waals surface area (Å²) in [6.45, 7) is 6.81. The highest BCUT2D eigenvalue weighted by Crippen LogP contribution is 2.26. The number of rotatable bonds is 6. The predicted molar refractivity (Wildman–Crippen MR) is 82.8 cm³/mol. The molecule has 2 rings (SSSR count). The Morgan fingerprint density at radius 1 is 1.30 bits per heavy atom. The molecule has 3 nitrogen and oxygen atoms in total. The highest BCUT2D eigenvalue weighted by molar-refractivity contribution is 5.78. The molecule has 0 unspecified atom stereocenters. The van der Waals surface area contributed by atoms with Gasteiger partial charge in [-0.1, -0.05) is 44.2 Å². The van der Waals surface area contributed by atoms with Gasteiger partial charge < -0.3 is 5.32 Å². The molecule has 0 bridgehead atoms. The number of benzene rings is 1. The molecule has 20 heavy (non-hydrogen) atoms. The zero-order chi connectivity index (χ0) is 14.4. The number of amides is 1. The van der Waals surface area contributed by atoms with Crippen LogP contribution in [0, 0.1) is 0 Å². The highest BCUT2D eigenvalue weighted by atomic mass is 16.2. The summed E-state index contributed by atoms with van der Waals surface area (Å²) < 4.78 is 0. The number of nitrogens with one attached hydrogen (secondary N) is 1. The Balaban J connectivity index is 1.80. The van der Waals surface area contributed by atoms with Gasteiger partial charge in [-0.15, -0.1) is 0 Å². The lowest BCUT2D eigenvalue weighted by Gasteiger charge is -2.19. The van der Waals surface area contributed by atoms with Crippen molar-refractivity contribution in [1.29, 1.82) is 0 Å². The quantitative estimate of drug-likeness (QED) is 0.865. The molecule has 3 heteroatoms. The fourth-order valence-electron chi connectivity index (χ4n) is 2.94. The third-order valence-electron chi connectivity index (χ3n) is 4.26. The second-order valence-electron chi connectivity index (χ2n) is 5.71. The Bertz CT molecular complexity index is 414. The van der Waals surface area contributed by atoms with Crippen LogP contribution in [-0.4, -0.2) is 36.5 Å². The van der Waals surface area contributed by atoms with Crippen molar-refractivity contribution in [3.05, 3.63) is 35.9 Å². The topological polar surface area (TPSA) is 32.3 Å². The first-order chi connectivity index (χ1) is 9.72. The summed E-state index contributed by atoms with van der Waals surface area (Å²) >= 11 is 0. The number of hydrogen-bond donors (Lipinski definition) is 1. The van der Waals surface area contributed by atoms with E-state index in [9.17, 15) is 4.79 Å². The van der Waals surface area contributed by atoms with Crippen molar-refractivity contribution in [1.82, 2.24) is 10.2 Å². The molecule has 1 heterocycles. The van der Waals surface area contributed by atoms with Gasteiger partial charge in [0.1, 0.15) is 0 Å². The molecule has 0 radical (unpaired) electrons. The van der Waals surface area contributed by atoms with Gasteiger partial charge >= 0.3 is 0 Å². The average Bonchev–Trinajstić information content (AvgIpc) is 2.94. The lowest BCUT2D eigenvalue weighted by molar-refractivity contribution is -0.122. The summed E-state index contributed by atoms with van der Waals surface area (Å²) in [5, 5.41) is 3.12. The molecule has 110 valence electrons. The number of likely N-dealkylation sites (tertiary alicyclic amines) is 1. The maximum Gasteiger partial charge on any atom is 0.234 e. The van der Waals surface area contributed by atoms with Crippen LogP contribution in [0.4, 0.5) is 0 Å². The molecule has 1 atom stereocenters. The van der Waals surface area contributed by atoms with E-state index in [4.69, 9.17) is 0 Å². The van der Waals surface area contributed by atoms with E-state index in [1.54, 1.807) is 0 Å². The van der Waals surface area contributed by atoms with Gasteiger partial charge in [0.25, 0.3) is 0 Å². The molecule has 1 aliphatic heterocycles. The maximum atomic E-state index is 12.0. The zero-order valence-corrected chi connectivity index (χ0v) is 12.6. The van der Waals surface area contributed by atoms with Gasteiger partial charge in [-0.25, -0.2) is 0 Å². The Morgan fingerprint density at radius 3 is 2.65 bits per heavy atom. The predicted octanol–water partition coefficient (Wildman–Crippen LogP) is 2.78. The van der Waals surface area contributed by atoms with Gasteiger partial charge in [0.2, 0.25) is 5.91 Å². The SMILES string of the molecule is CCC(CC)NC(=O)CN1CC[C@@H](c2ccccc2)C1. The normalized spacial score (nSPS) is 19.4. The van der Waals surface area contributed by atoms with Gasteiger partial charge in [0.05, 0.1) is 6.54 Å². The third-order valence-corrected chi connectivity index (χ3v) is 4.26. The van der Waals surface area contributed by atoms with Crippen molar-refractivity contribution in [3.8, 4) is 0 Å². The largest absolute Gasteiger partial charge is 0.352 e. The van der Waals surface area contributed by atoms with Crippen LogP contribution in [0.5, 0.6) is 0 Å². The van der Waals surface area contributed by atoms with E-state index in [-0.39, 0.29) is 5.91 Å². The fourth-order valence-corrected chi connectivity index (χ4v) is 2.94. The summed E-state index contributed by atoms with van der Waals surface area (Å²) in [5.74, 6) is 0.754. The van der Waals surface area contributed by atoms with Crippen molar-refractivity contribution in [2.45, 2.75) is 45.1 Å². The monoisotopic (exact) mass is 274 g/mol. The Kier molecular flexibility index (Phi) is 5.60. The van der Waals surface area contributed by atoms with Crippen LogP contribution in [0.15, 0.2) is 30.3 Å². The summed E-state index contributed by atoms with van der Waals surface area (Å²) in [5.41, 5.74) is 1.40. The third kappa shape index (κ3) is 4.07. The van der Waals surface area contributed by atoms with Crippen LogP contribution in [0.2, 0.25) is 0 Å². The summed E-state index contributed by atoms with van der Waals surface area (Å²) in [6.07, 6.45) is 3.17. The van der Waals surface area contributed by atoms with Gasteiger partial charge in [-0.05, 0) is 37.3 Å². The van der Waals surface area contributed by atoms with E-state index in [1.165, 1.54) is 5.56 Å². The minimum Gasteiger partial charge on any atom is -0.352 e. The Hall–Kier alpha value is -1.35. The molecular formula is C17H26N2O. The first-order valence-electron chi connectivity index (χ1n) is 7.79. The molecule has 1 aromatic rings. The lowest BCUT2D eigenvalue weighted by Crippen LogP contribution is -2.41. The minimum atomic E-state index is 0.174. The van der Waals surface area contributed by atoms with E-state index in [0.29, 0.717) is 18.5 Å². The van der Waals surface area contributed by atoms with Gasteiger partial charge in [-0.2, -0.15) is 0 Å². The maximum absolute atomic E-state index is 12.0. The molecule has 1 saturated heterocycles. The van der Waals surface area contributed by atoms with Gasteiger partial charge in [0, 0.05) is 12.6 Å². The summed E-state index contributed by atoms with van der Waals surface area (Å²) in [7, 11) is 0. The van der Waals surface area contributed by atoms with Crippen LogP contribution in [0.3, 0.4) is 0 Å². The lowest BCUT2D eigenvalue weighted by atomic mass is 9.99. The molecular weight excluding hydrogens is 248 g/mol. The van der Waals surface area contributed by atoms with Gasteiger partial charge in [0.15, 0.2) is 0 Å². The van der Waals surface area contributed by atoms with E-state index in [1.807, 2.05) is 0 Å². The fraction of sp³-hybridized carbons (Fsp3) is 0.588. The number of carbonyl (C=O) groups is 1. The molecule has 1 aromatic carbocycles. The van der Waals surface area contributed by atoms with Crippen molar-refractivity contribution < 1.29 is 4.79 Å². The second kappa shape index (κ2) is 7.44. The van der Waals surface area contributed by atoms with Crippen molar-refractivity contribution in [2.24, 2.45) is 0 Å². The van der Waals surface area contributed by atoms with Crippen molar-refractivity contribution in [3.63, 3.8) is 0 Å². The van der Waals surface area contributed by atoms with E-state index in [2.05, 4.69) is 54.4 Å². The van der Waals surface area contributed by atoms with Crippen molar-refractivity contribution >= 4 is 5.91 Å². The van der Waals surface area contributed by atoms with Crippen LogP contribution < -0.4 is 5.32 Å². The standard InChI is InChI=1S/C17H26N2O/c1-3-16(4-2)18-17(20)13-19-11-10-15(12-19)14-8-6-5-7-9-14/h5-9,15-16H,3-4,10-13H2,1-2H3,(H,18,20)/t15-/m1/s1. The zero-order valence-electron chi connectivity index (χ0n) is 12.6. The smallest absolute Gasteiger partial charge is 0.234 e. The molecule has 1 amide bonds. The van der Waals surface area contributed by atoms with E-state index in [0.717, 1.165) is 32.4 Å². The second-order valence-corrected chi connectivity index (χ2v) is 5.71. The van der Waals surface area contributed by atoms with Gasteiger partial charge in [-0.3, -0.25) is 9.69 Å². The van der Waals surface area contributed by atoms with Crippen LogP contribution >= 0.6 is 0 Å². The first-order valence-corrected chi connectivity index (χ1v) is 7.79. The first kappa shape index (κ1) is 15.0. The van der Waals surface area contributed by atoms with E-state index < -0.39 is 0 Å². The summed E-state index contributed by atoms with van der Waals surface area (Å²) in [6, 6.07) is 11.0. The van der Waals surface area contributed by atoms with E-state index >= 15 is 0 Å². The number of nitrogens with zero attached hydrogens (tertiary/aromatic N) is 1. The Labute approximate surface area is 122 Å². The van der Waals surface area contributed by atoms with Crippen LogP contribution in [-0.2, 0) is 4.79 Å². The molecule has 0 spiro atoms. The van der Waals surface area contributed by atoms with Crippen LogP contribution in [0.25, 0.3) is 0 Å². The number of carbonyl (C=O) groups excluding carboxylic acids is 1. The molecule has 1 fully saturated rings. The highest BCUT2D eigenvalue weighted by Gasteiger charge is 2.25. The molecule has 1 N–H and O–H groups in total. The average molecular weight is 274 g/mol.